The highest BCUT2D eigenvalue weighted by Crippen LogP contribution is 2.30. The lowest BCUT2D eigenvalue weighted by atomic mass is 10.2. The molecule has 0 aromatic heterocycles. The van der Waals surface area contributed by atoms with Gasteiger partial charge in [0.25, 0.3) is 5.91 Å². The molecule has 2 rings (SSSR count). The lowest BCUT2D eigenvalue weighted by molar-refractivity contribution is 0.0954. The van der Waals surface area contributed by atoms with Gasteiger partial charge in [-0.05, 0) is 66.5 Å². The molecule has 1 aliphatic rings. The van der Waals surface area contributed by atoms with Crippen LogP contribution in [0.1, 0.15) is 30.1 Å². The van der Waals surface area contributed by atoms with Gasteiger partial charge in [-0.25, -0.2) is 5.43 Å². The Balaban J connectivity index is 2.04. The van der Waals surface area contributed by atoms with E-state index in [9.17, 15) is 4.79 Å². The molecule has 0 heterocycles. The van der Waals surface area contributed by atoms with Crippen LogP contribution in [0.5, 0.6) is 5.75 Å². The second-order valence-electron chi connectivity index (χ2n) is 4.32. The van der Waals surface area contributed by atoms with Crippen molar-refractivity contribution in [3.63, 3.8) is 0 Å². The zero-order chi connectivity index (χ0) is 13.1. The number of benzene rings is 1. The van der Waals surface area contributed by atoms with Gasteiger partial charge in [-0.1, -0.05) is 0 Å². The molecule has 0 aliphatic heterocycles. The van der Waals surface area contributed by atoms with Gasteiger partial charge in [0, 0.05) is 11.3 Å². The number of hydrogen-bond donors (Lipinski definition) is 1. The lowest BCUT2D eigenvalue weighted by Crippen LogP contribution is -2.19. The molecule has 4 nitrogen and oxygen atoms in total. The number of carbonyl (C=O) groups excluding carboxylic acids is 1. The Hall–Kier alpha value is -1.11. The zero-order valence-electron chi connectivity index (χ0n) is 10.4. The highest BCUT2D eigenvalue weighted by molar-refractivity contribution is 14.1. The summed E-state index contributed by atoms with van der Waals surface area (Å²) in [6, 6.07) is 5.31. The number of nitrogens with zero attached hydrogens (tertiary/aromatic N) is 1. The third kappa shape index (κ3) is 3.22. The Labute approximate surface area is 120 Å². The maximum atomic E-state index is 11.9. The molecule has 5 heteroatoms. The summed E-state index contributed by atoms with van der Waals surface area (Å²) >= 11 is 2.14. The van der Waals surface area contributed by atoms with E-state index in [1.807, 2.05) is 6.92 Å². The average molecular weight is 358 g/mol. The van der Waals surface area contributed by atoms with Crippen LogP contribution in [0.4, 0.5) is 0 Å². The second-order valence-corrected chi connectivity index (χ2v) is 5.48. The second kappa shape index (κ2) is 5.69. The Morgan fingerprint density at radius 1 is 1.50 bits per heavy atom. The maximum Gasteiger partial charge on any atom is 0.271 e. The minimum absolute atomic E-state index is 0.185. The molecule has 0 saturated heterocycles. The summed E-state index contributed by atoms with van der Waals surface area (Å²) in [5.41, 5.74) is 4.19. The average Bonchev–Trinajstić information content (AvgIpc) is 3.19. The van der Waals surface area contributed by atoms with Crippen molar-refractivity contribution in [2.75, 3.05) is 7.11 Å². The lowest BCUT2D eigenvalue weighted by Gasteiger charge is -2.05. The Kier molecular flexibility index (Phi) is 4.21. The van der Waals surface area contributed by atoms with Crippen molar-refractivity contribution in [1.82, 2.24) is 5.43 Å². The smallest absolute Gasteiger partial charge is 0.271 e. The van der Waals surface area contributed by atoms with E-state index in [4.69, 9.17) is 4.74 Å². The van der Waals surface area contributed by atoms with Crippen LogP contribution in [0.2, 0.25) is 0 Å². The van der Waals surface area contributed by atoms with E-state index in [2.05, 4.69) is 33.1 Å². The number of hydrogen-bond acceptors (Lipinski definition) is 3. The molecule has 1 fully saturated rings. The first-order valence-electron chi connectivity index (χ1n) is 5.80. The molecule has 0 spiro atoms. The van der Waals surface area contributed by atoms with Crippen molar-refractivity contribution < 1.29 is 9.53 Å². The molecular weight excluding hydrogens is 343 g/mol. The van der Waals surface area contributed by atoms with Gasteiger partial charge < -0.3 is 4.74 Å². The molecule has 0 unspecified atom stereocenters. The third-order valence-corrected chi connectivity index (χ3v) is 3.76. The highest BCUT2D eigenvalue weighted by Gasteiger charge is 2.24. The fourth-order valence-corrected chi connectivity index (χ4v) is 2.34. The largest absolute Gasteiger partial charge is 0.496 e. The molecule has 1 saturated carbocycles. The molecule has 0 radical (unpaired) electrons. The number of carbonyl (C=O) groups is 1. The summed E-state index contributed by atoms with van der Waals surface area (Å²) in [4.78, 5) is 11.9. The number of nitrogens with one attached hydrogen (secondary N) is 1. The van der Waals surface area contributed by atoms with E-state index in [0.717, 1.165) is 15.0 Å². The first-order valence-corrected chi connectivity index (χ1v) is 6.87. The molecule has 18 heavy (non-hydrogen) atoms. The number of rotatable bonds is 4. The van der Waals surface area contributed by atoms with Gasteiger partial charge in [0.2, 0.25) is 0 Å². The van der Waals surface area contributed by atoms with Crippen molar-refractivity contribution >= 4 is 34.2 Å². The van der Waals surface area contributed by atoms with Gasteiger partial charge in [0.15, 0.2) is 0 Å². The van der Waals surface area contributed by atoms with Crippen LogP contribution in [-0.4, -0.2) is 18.7 Å². The molecule has 1 amide bonds. The van der Waals surface area contributed by atoms with Gasteiger partial charge >= 0.3 is 0 Å². The monoisotopic (exact) mass is 358 g/mol. The van der Waals surface area contributed by atoms with Crippen molar-refractivity contribution in [1.29, 1.82) is 0 Å². The predicted molar refractivity (Wildman–Crippen MR) is 79.0 cm³/mol. The van der Waals surface area contributed by atoms with Crippen molar-refractivity contribution in [2.45, 2.75) is 19.8 Å². The van der Waals surface area contributed by atoms with Gasteiger partial charge in [-0.15, -0.1) is 0 Å². The van der Waals surface area contributed by atoms with E-state index < -0.39 is 0 Å². The number of ether oxygens (including phenoxy) is 1. The number of halogens is 1. The van der Waals surface area contributed by atoms with Crippen LogP contribution in [-0.2, 0) is 0 Å². The molecule has 1 aromatic carbocycles. The van der Waals surface area contributed by atoms with Crippen LogP contribution in [0.3, 0.4) is 0 Å². The SMILES string of the molecule is COc1ccc(C(=O)N/N=C(/C)C2CC2)cc1I. The summed E-state index contributed by atoms with van der Waals surface area (Å²) in [6.07, 6.45) is 2.37. The fourth-order valence-electron chi connectivity index (χ4n) is 1.60. The summed E-state index contributed by atoms with van der Waals surface area (Å²) in [5, 5.41) is 4.12. The van der Waals surface area contributed by atoms with Crippen LogP contribution >= 0.6 is 22.6 Å². The number of methoxy groups -OCH3 is 1. The summed E-state index contributed by atoms with van der Waals surface area (Å²) < 4.78 is 6.06. The Morgan fingerprint density at radius 2 is 2.22 bits per heavy atom. The topological polar surface area (TPSA) is 50.7 Å². The Morgan fingerprint density at radius 3 is 2.78 bits per heavy atom. The van der Waals surface area contributed by atoms with Gasteiger partial charge in [-0.2, -0.15) is 5.10 Å². The van der Waals surface area contributed by atoms with E-state index >= 15 is 0 Å². The molecular formula is C13H15IN2O2. The quantitative estimate of drug-likeness (QED) is 0.511. The fraction of sp³-hybridized carbons (Fsp3) is 0.385. The Bertz CT molecular complexity index is 496. The minimum Gasteiger partial charge on any atom is -0.496 e. The van der Waals surface area contributed by atoms with E-state index in [1.165, 1.54) is 12.8 Å². The van der Waals surface area contributed by atoms with Gasteiger partial charge in [-0.3, -0.25) is 4.79 Å². The van der Waals surface area contributed by atoms with Gasteiger partial charge in [0.05, 0.1) is 10.7 Å². The summed E-state index contributed by atoms with van der Waals surface area (Å²) in [6.45, 7) is 1.95. The first-order chi connectivity index (χ1) is 8.61. The van der Waals surface area contributed by atoms with E-state index in [0.29, 0.717) is 11.5 Å². The molecule has 1 aromatic rings. The summed E-state index contributed by atoms with van der Waals surface area (Å²) in [7, 11) is 1.61. The van der Waals surface area contributed by atoms with Crippen LogP contribution < -0.4 is 10.2 Å². The standard InChI is InChI=1S/C13H15IN2O2/c1-8(9-3-4-9)15-16-13(17)10-5-6-12(18-2)11(14)7-10/h5-7,9H,3-4H2,1-2H3,(H,16,17)/b15-8-. The van der Waals surface area contributed by atoms with Crippen LogP contribution in [0.15, 0.2) is 23.3 Å². The van der Waals surface area contributed by atoms with Crippen molar-refractivity contribution in [2.24, 2.45) is 11.0 Å². The van der Waals surface area contributed by atoms with Crippen molar-refractivity contribution in [3.05, 3.63) is 27.3 Å². The molecule has 1 N–H and O–H groups in total. The minimum atomic E-state index is -0.185. The number of amides is 1. The molecule has 1 aliphatic carbocycles. The molecule has 0 bridgehead atoms. The van der Waals surface area contributed by atoms with Crippen LogP contribution in [0, 0.1) is 9.49 Å². The predicted octanol–water partition coefficient (Wildman–Crippen LogP) is 2.82. The van der Waals surface area contributed by atoms with Crippen LogP contribution in [0.25, 0.3) is 0 Å². The first kappa shape index (κ1) is 13.3. The van der Waals surface area contributed by atoms with E-state index in [-0.39, 0.29) is 5.91 Å². The zero-order valence-corrected chi connectivity index (χ0v) is 12.5. The molecule has 0 atom stereocenters. The molecule has 96 valence electrons. The third-order valence-electron chi connectivity index (χ3n) is 2.92. The normalized spacial score (nSPS) is 15.4. The highest BCUT2D eigenvalue weighted by atomic mass is 127. The maximum absolute atomic E-state index is 11.9. The number of hydrazone groups is 1. The van der Waals surface area contributed by atoms with Crippen molar-refractivity contribution in [3.8, 4) is 5.75 Å². The van der Waals surface area contributed by atoms with E-state index in [1.54, 1.807) is 25.3 Å². The van der Waals surface area contributed by atoms with Gasteiger partial charge in [0.1, 0.15) is 5.75 Å². The summed E-state index contributed by atoms with van der Waals surface area (Å²) in [5.74, 6) is 1.15.